The quantitative estimate of drug-likeness (QED) is 0.437. The molecule has 2 atom stereocenters. The van der Waals surface area contributed by atoms with Crippen molar-refractivity contribution >= 4 is 0 Å². The lowest BCUT2D eigenvalue weighted by Crippen LogP contribution is -2.23. The van der Waals surface area contributed by atoms with Crippen molar-refractivity contribution in [2.75, 3.05) is 13.2 Å². The van der Waals surface area contributed by atoms with Crippen LogP contribution in [-0.2, 0) is 4.74 Å². The van der Waals surface area contributed by atoms with Crippen LogP contribution in [0.4, 0.5) is 0 Å². The van der Waals surface area contributed by atoms with Crippen molar-refractivity contribution in [3.8, 4) is 0 Å². The van der Waals surface area contributed by atoms with Gasteiger partial charge in [-0.2, -0.15) is 0 Å². The fraction of sp³-hybridized carbons (Fsp3) is 1.00. The number of aliphatic hydroxyl groups excluding tert-OH is 2. The molecule has 2 N–H and O–H groups in total. The molecule has 0 radical (unpaired) electrons. The van der Waals surface area contributed by atoms with Gasteiger partial charge in [-0.1, -0.05) is 26.7 Å². The van der Waals surface area contributed by atoms with Gasteiger partial charge in [0.1, 0.15) is 0 Å². The third-order valence-corrected chi connectivity index (χ3v) is 2.70. The summed E-state index contributed by atoms with van der Waals surface area (Å²) in [4.78, 5) is 0. The Labute approximate surface area is 93.5 Å². The number of rotatable bonds is 10. The Hall–Kier alpha value is -0.120. The lowest BCUT2D eigenvalue weighted by Gasteiger charge is -2.21. The van der Waals surface area contributed by atoms with Crippen LogP contribution in [0.5, 0.6) is 0 Å². The summed E-state index contributed by atoms with van der Waals surface area (Å²) in [5.41, 5.74) is 0. The molecule has 0 heterocycles. The first-order chi connectivity index (χ1) is 7.26. The summed E-state index contributed by atoms with van der Waals surface area (Å²) in [5, 5.41) is 18.3. The van der Waals surface area contributed by atoms with E-state index in [1.165, 1.54) is 0 Å². The Morgan fingerprint density at radius 1 is 1.13 bits per heavy atom. The summed E-state index contributed by atoms with van der Waals surface area (Å²) >= 11 is 0. The van der Waals surface area contributed by atoms with Crippen LogP contribution >= 0.6 is 0 Å². The second kappa shape index (κ2) is 10.4. The highest BCUT2D eigenvalue weighted by molar-refractivity contribution is 4.60. The summed E-state index contributed by atoms with van der Waals surface area (Å²) < 4.78 is 5.34. The van der Waals surface area contributed by atoms with Crippen LogP contribution in [-0.4, -0.2) is 29.7 Å². The number of ether oxygens (including phenoxy) is 1. The second-order valence-corrected chi connectivity index (χ2v) is 4.00. The largest absolute Gasteiger partial charge is 0.396 e. The molecule has 3 heteroatoms. The van der Waals surface area contributed by atoms with E-state index in [0.29, 0.717) is 6.61 Å². The lowest BCUT2D eigenvalue weighted by atomic mass is 9.99. The van der Waals surface area contributed by atoms with Crippen molar-refractivity contribution in [2.45, 2.75) is 58.7 Å². The standard InChI is InChI=1S/C12H26O3/c1-3-5-8-11(4-2)12(14)15-10-7-6-9-13/h11-14H,3-10H2,1-2H3. The van der Waals surface area contributed by atoms with Crippen LogP contribution in [0, 0.1) is 5.92 Å². The van der Waals surface area contributed by atoms with Gasteiger partial charge in [0.15, 0.2) is 6.29 Å². The first-order valence-corrected chi connectivity index (χ1v) is 6.16. The predicted octanol–water partition coefficient (Wildman–Crippen LogP) is 2.31. The van der Waals surface area contributed by atoms with Crippen molar-refractivity contribution in [3.05, 3.63) is 0 Å². The maximum Gasteiger partial charge on any atom is 0.157 e. The molecule has 0 aliphatic rings. The van der Waals surface area contributed by atoms with Gasteiger partial charge in [-0.05, 0) is 25.7 Å². The summed E-state index contributed by atoms with van der Waals surface area (Å²) in [7, 11) is 0. The molecule has 0 aliphatic heterocycles. The van der Waals surface area contributed by atoms with E-state index in [2.05, 4.69) is 13.8 Å². The molecule has 0 bridgehead atoms. The van der Waals surface area contributed by atoms with Gasteiger partial charge in [0.25, 0.3) is 0 Å². The zero-order chi connectivity index (χ0) is 11.5. The highest BCUT2D eigenvalue weighted by Crippen LogP contribution is 2.17. The van der Waals surface area contributed by atoms with E-state index in [0.717, 1.165) is 38.5 Å². The summed E-state index contributed by atoms with van der Waals surface area (Å²) in [6.45, 7) is 4.98. The average Bonchev–Trinajstić information content (AvgIpc) is 2.25. The van der Waals surface area contributed by atoms with Crippen molar-refractivity contribution in [1.82, 2.24) is 0 Å². The van der Waals surface area contributed by atoms with Crippen molar-refractivity contribution in [2.24, 2.45) is 5.92 Å². The molecule has 0 aromatic heterocycles. The van der Waals surface area contributed by atoms with Crippen LogP contribution in [0.25, 0.3) is 0 Å². The number of hydrogen-bond donors (Lipinski definition) is 2. The molecule has 0 spiro atoms. The van der Waals surface area contributed by atoms with Gasteiger partial charge in [-0.3, -0.25) is 0 Å². The van der Waals surface area contributed by atoms with Crippen molar-refractivity contribution in [1.29, 1.82) is 0 Å². The van der Waals surface area contributed by atoms with Gasteiger partial charge in [0.2, 0.25) is 0 Å². The fourth-order valence-corrected chi connectivity index (χ4v) is 1.57. The smallest absolute Gasteiger partial charge is 0.157 e. The normalized spacial score (nSPS) is 15.2. The van der Waals surface area contributed by atoms with Crippen LogP contribution < -0.4 is 0 Å². The molecular weight excluding hydrogens is 192 g/mol. The first kappa shape index (κ1) is 14.9. The van der Waals surface area contributed by atoms with Gasteiger partial charge in [0.05, 0.1) is 0 Å². The molecule has 2 unspecified atom stereocenters. The minimum Gasteiger partial charge on any atom is -0.396 e. The fourth-order valence-electron chi connectivity index (χ4n) is 1.57. The van der Waals surface area contributed by atoms with Crippen LogP contribution in [0.2, 0.25) is 0 Å². The van der Waals surface area contributed by atoms with E-state index in [1.54, 1.807) is 0 Å². The van der Waals surface area contributed by atoms with Gasteiger partial charge in [0, 0.05) is 19.1 Å². The van der Waals surface area contributed by atoms with Gasteiger partial charge in [-0.25, -0.2) is 0 Å². The maximum absolute atomic E-state index is 9.75. The highest BCUT2D eigenvalue weighted by Gasteiger charge is 2.16. The molecule has 3 nitrogen and oxygen atoms in total. The monoisotopic (exact) mass is 218 g/mol. The maximum atomic E-state index is 9.75. The van der Waals surface area contributed by atoms with Gasteiger partial charge < -0.3 is 14.9 Å². The van der Waals surface area contributed by atoms with Crippen LogP contribution in [0.1, 0.15) is 52.4 Å². The molecule has 92 valence electrons. The third kappa shape index (κ3) is 7.77. The molecule has 0 rings (SSSR count). The Balaban J connectivity index is 3.58. The summed E-state index contributed by atoms with van der Waals surface area (Å²) in [6.07, 6.45) is 5.25. The minimum absolute atomic E-state index is 0.201. The van der Waals surface area contributed by atoms with Crippen LogP contribution in [0.15, 0.2) is 0 Å². The Morgan fingerprint density at radius 3 is 2.40 bits per heavy atom. The third-order valence-electron chi connectivity index (χ3n) is 2.70. The molecule has 0 aromatic carbocycles. The van der Waals surface area contributed by atoms with Crippen LogP contribution in [0.3, 0.4) is 0 Å². The molecule has 0 saturated heterocycles. The van der Waals surface area contributed by atoms with E-state index in [9.17, 15) is 5.11 Å². The summed E-state index contributed by atoms with van der Waals surface area (Å²) in [5.74, 6) is 0.263. The van der Waals surface area contributed by atoms with E-state index >= 15 is 0 Å². The van der Waals surface area contributed by atoms with E-state index in [-0.39, 0.29) is 12.5 Å². The molecule has 0 aromatic rings. The number of unbranched alkanes of at least 4 members (excludes halogenated alkanes) is 2. The molecule has 0 fully saturated rings. The Kier molecular flexibility index (Phi) is 10.3. The second-order valence-electron chi connectivity index (χ2n) is 4.00. The van der Waals surface area contributed by atoms with Crippen molar-refractivity contribution < 1.29 is 14.9 Å². The zero-order valence-electron chi connectivity index (χ0n) is 10.1. The minimum atomic E-state index is -0.625. The highest BCUT2D eigenvalue weighted by atomic mass is 16.6. The Bertz CT molecular complexity index is 128. The van der Waals surface area contributed by atoms with E-state index in [4.69, 9.17) is 9.84 Å². The zero-order valence-corrected chi connectivity index (χ0v) is 10.1. The Morgan fingerprint density at radius 2 is 1.87 bits per heavy atom. The molecular formula is C12H26O3. The lowest BCUT2D eigenvalue weighted by molar-refractivity contribution is -0.137. The van der Waals surface area contributed by atoms with Gasteiger partial charge in [-0.15, -0.1) is 0 Å². The molecule has 15 heavy (non-hydrogen) atoms. The molecule has 0 amide bonds. The molecule has 0 aliphatic carbocycles. The van der Waals surface area contributed by atoms with Gasteiger partial charge >= 0.3 is 0 Å². The number of hydrogen-bond acceptors (Lipinski definition) is 3. The van der Waals surface area contributed by atoms with Crippen molar-refractivity contribution in [3.63, 3.8) is 0 Å². The molecule has 0 saturated carbocycles. The SMILES string of the molecule is CCCCC(CC)C(O)OCCCCO. The predicted molar refractivity (Wildman–Crippen MR) is 61.6 cm³/mol. The summed E-state index contributed by atoms with van der Waals surface area (Å²) in [6, 6.07) is 0. The van der Waals surface area contributed by atoms with E-state index < -0.39 is 6.29 Å². The average molecular weight is 218 g/mol. The first-order valence-electron chi connectivity index (χ1n) is 6.16. The van der Waals surface area contributed by atoms with E-state index in [1.807, 2.05) is 0 Å². The topological polar surface area (TPSA) is 49.7 Å². The number of aliphatic hydroxyl groups is 2.